The molecule has 11 aromatic rings. The number of nitriles is 2. The summed E-state index contributed by atoms with van der Waals surface area (Å²) in [7, 11) is 0. The standard InChI is InChI=1S/C50H28N4O/c51-29-31-19-23-46-43(25-31)44-26-32(30-52)20-24-47(44)53(46)35-11-7-9-33(27-35)37-13-1-2-14-38(37)34-10-8-12-36(28-34)54-45-17-5-3-15-39(45)41-21-22-42-40-16-4-6-18-48(40)55-50(42)49(41)54/h1-28H. The van der Waals surface area contributed by atoms with Crippen LogP contribution in [-0.4, -0.2) is 9.13 Å². The predicted molar refractivity (Wildman–Crippen MR) is 223 cm³/mol. The topological polar surface area (TPSA) is 70.6 Å². The van der Waals surface area contributed by atoms with Gasteiger partial charge in [-0.25, -0.2) is 0 Å². The zero-order valence-electron chi connectivity index (χ0n) is 29.4. The highest BCUT2D eigenvalue weighted by molar-refractivity contribution is 6.21. The Bertz CT molecular complexity index is 3400. The maximum absolute atomic E-state index is 9.70. The summed E-state index contributed by atoms with van der Waals surface area (Å²) in [6, 6.07) is 63.3. The Morgan fingerprint density at radius 1 is 0.400 bits per heavy atom. The van der Waals surface area contributed by atoms with Crippen molar-refractivity contribution in [2.45, 2.75) is 0 Å². The Hall–Kier alpha value is -7.86. The number of hydrogen-bond donors (Lipinski definition) is 0. The van der Waals surface area contributed by atoms with Crippen molar-refractivity contribution in [1.82, 2.24) is 9.13 Å². The fourth-order valence-electron chi connectivity index (χ4n) is 8.55. The maximum atomic E-state index is 9.70. The summed E-state index contributed by atoms with van der Waals surface area (Å²) in [5, 5.41) is 25.8. The molecule has 0 aliphatic rings. The third-order valence-corrected chi connectivity index (χ3v) is 11.0. The van der Waals surface area contributed by atoms with Crippen LogP contribution >= 0.6 is 0 Å². The second kappa shape index (κ2) is 11.8. The van der Waals surface area contributed by atoms with E-state index in [2.05, 4.69) is 143 Å². The van der Waals surface area contributed by atoms with Crippen molar-refractivity contribution in [3.63, 3.8) is 0 Å². The van der Waals surface area contributed by atoms with E-state index in [0.717, 1.165) is 93.8 Å². The molecule has 8 aromatic carbocycles. The number of rotatable bonds is 4. The van der Waals surface area contributed by atoms with Gasteiger partial charge in [-0.3, -0.25) is 0 Å². The first-order valence-corrected chi connectivity index (χ1v) is 18.2. The van der Waals surface area contributed by atoms with Crippen LogP contribution in [0.15, 0.2) is 174 Å². The van der Waals surface area contributed by atoms with Gasteiger partial charge in [-0.1, -0.05) is 91.0 Å². The van der Waals surface area contributed by atoms with Gasteiger partial charge in [0, 0.05) is 43.7 Å². The molecule has 5 heteroatoms. The van der Waals surface area contributed by atoms with Crippen LogP contribution in [0.5, 0.6) is 0 Å². The molecule has 0 atom stereocenters. The van der Waals surface area contributed by atoms with Crippen molar-refractivity contribution in [2.75, 3.05) is 0 Å². The Balaban J connectivity index is 1.09. The van der Waals surface area contributed by atoms with Gasteiger partial charge in [-0.2, -0.15) is 10.5 Å². The summed E-state index contributed by atoms with van der Waals surface area (Å²) in [5.74, 6) is 0. The smallest absolute Gasteiger partial charge is 0.160 e. The first-order valence-electron chi connectivity index (χ1n) is 18.2. The Labute approximate surface area is 315 Å². The molecule has 55 heavy (non-hydrogen) atoms. The second-order valence-electron chi connectivity index (χ2n) is 14.0. The molecule has 3 aromatic heterocycles. The molecule has 0 aliphatic carbocycles. The largest absolute Gasteiger partial charge is 0.454 e. The molecule has 0 spiro atoms. The van der Waals surface area contributed by atoms with Crippen molar-refractivity contribution in [1.29, 1.82) is 10.5 Å². The van der Waals surface area contributed by atoms with E-state index in [9.17, 15) is 10.5 Å². The minimum atomic E-state index is 0.585. The molecule has 0 aliphatic heterocycles. The molecule has 0 bridgehead atoms. The summed E-state index contributed by atoms with van der Waals surface area (Å²) in [6.07, 6.45) is 0. The number of hydrogen-bond acceptors (Lipinski definition) is 3. The number of para-hydroxylation sites is 2. The molecule has 0 radical (unpaired) electrons. The summed E-state index contributed by atoms with van der Waals surface area (Å²) in [4.78, 5) is 0. The highest BCUT2D eigenvalue weighted by Crippen LogP contribution is 2.42. The van der Waals surface area contributed by atoms with Crippen LogP contribution in [0.3, 0.4) is 0 Å². The normalized spacial score (nSPS) is 11.6. The highest BCUT2D eigenvalue weighted by Gasteiger charge is 2.20. The maximum Gasteiger partial charge on any atom is 0.160 e. The lowest BCUT2D eigenvalue weighted by Crippen LogP contribution is -1.96. The fourth-order valence-corrected chi connectivity index (χ4v) is 8.55. The van der Waals surface area contributed by atoms with Gasteiger partial charge < -0.3 is 13.6 Å². The third kappa shape index (κ3) is 4.58. The Morgan fingerprint density at radius 2 is 0.945 bits per heavy atom. The number of nitrogens with zero attached hydrogens (tertiary/aromatic N) is 4. The van der Waals surface area contributed by atoms with Crippen molar-refractivity contribution >= 4 is 65.6 Å². The van der Waals surface area contributed by atoms with Crippen LogP contribution in [0.1, 0.15) is 11.1 Å². The van der Waals surface area contributed by atoms with Crippen LogP contribution < -0.4 is 0 Å². The molecule has 254 valence electrons. The SMILES string of the molecule is N#Cc1ccc2c(c1)c1cc(C#N)ccc1n2-c1cccc(-c2ccccc2-c2cccc(-n3c4ccccc4c4ccc5c6ccccc6oc5c43)c2)c1. The van der Waals surface area contributed by atoms with Crippen molar-refractivity contribution in [2.24, 2.45) is 0 Å². The predicted octanol–water partition coefficient (Wildman–Crippen LogP) is 12.9. The monoisotopic (exact) mass is 700 g/mol. The molecule has 3 heterocycles. The van der Waals surface area contributed by atoms with Crippen LogP contribution in [-0.2, 0) is 0 Å². The van der Waals surface area contributed by atoms with Crippen LogP contribution in [0.4, 0.5) is 0 Å². The third-order valence-electron chi connectivity index (χ3n) is 11.0. The molecular weight excluding hydrogens is 673 g/mol. The number of fused-ring (bicyclic) bond motifs is 10. The van der Waals surface area contributed by atoms with Gasteiger partial charge in [0.05, 0.1) is 45.3 Å². The number of benzene rings is 8. The van der Waals surface area contributed by atoms with Crippen molar-refractivity contribution in [3.05, 3.63) is 181 Å². The van der Waals surface area contributed by atoms with E-state index in [1.807, 2.05) is 48.5 Å². The van der Waals surface area contributed by atoms with Crippen LogP contribution in [0, 0.1) is 22.7 Å². The van der Waals surface area contributed by atoms with Gasteiger partial charge in [0.1, 0.15) is 5.58 Å². The molecular formula is C50H28N4O. The van der Waals surface area contributed by atoms with Crippen LogP contribution in [0.2, 0.25) is 0 Å². The first-order chi connectivity index (χ1) is 27.2. The fraction of sp³-hybridized carbons (Fsp3) is 0. The van der Waals surface area contributed by atoms with E-state index < -0.39 is 0 Å². The number of aromatic nitrogens is 2. The summed E-state index contributed by atoms with van der Waals surface area (Å²) in [5.41, 5.74) is 13.5. The minimum Gasteiger partial charge on any atom is -0.454 e. The second-order valence-corrected chi connectivity index (χ2v) is 14.0. The Kier molecular flexibility index (Phi) is 6.61. The molecule has 0 saturated heterocycles. The van der Waals surface area contributed by atoms with Gasteiger partial charge in [0.15, 0.2) is 5.58 Å². The van der Waals surface area contributed by atoms with Gasteiger partial charge in [0.25, 0.3) is 0 Å². The van der Waals surface area contributed by atoms with E-state index in [0.29, 0.717) is 11.1 Å². The molecule has 0 fully saturated rings. The zero-order chi connectivity index (χ0) is 36.6. The summed E-state index contributed by atoms with van der Waals surface area (Å²) in [6.45, 7) is 0. The van der Waals surface area contributed by atoms with E-state index in [1.54, 1.807) is 0 Å². The molecule has 0 N–H and O–H groups in total. The van der Waals surface area contributed by atoms with Crippen molar-refractivity contribution < 1.29 is 4.42 Å². The highest BCUT2D eigenvalue weighted by atomic mass is 16.3. The van der Waals surface area contributed by atoms with E-state index >= 15 is 0 Å². The van der Waals surface area contributed by atoms with Gasteiger partial charge in [0.2, 0.25) is 0 Å². The molecule has 0 amide bonds. The van der Waals surface area contributed by atoms with Gasteiger partial charge in [-0.05, 0) is 101 Å². The van der Waals surface area contributed by atoms with E-state index in [-0.39, 0.29) is 0 Å². The lowest BCUT2D eigenvalue weighted by Gasteiger charge is -2.15. The van der Waals surface area contributed by atoms with Gasteiger partial charge >= 0.3 is 0 Å². The number of furan rings is 1. The lowest BCUT2D eigenvalue weighted by molar-refractivity contribution is 0.671. The summed E-state index contributed by atoms with van der Waals surface area (Å²) < 4.78 is 11.2. The molecule has 5 nitrogen and oxygen atoms in total. The molecule has 11 rings (SSSR count). The van der Waals surface area contributed by atoms with E-state index in [4.69, 9.17) is 4.42 Å². The minimum absolute atomic E-state index is 0.585. The molecule has 0 saturated carbocycles. The zero-order valence-corrected chi connectivity index (χ0v) is 29.4. The lowest BCUT2D eigenvalue weighted by atomic mass is 9.94. The average Bonchev–Trinajstić information content (AvgIpc) is 3.91. The van der Waals surface area contributed by atoms with E-state index in [1.165, 1.54) is 5.39 Å². The average molecular weight is 701 g/mol. The molecule has 0 unspecified atom stereocenters. The quantitative estimate of drug-likeness (QED) is 0.183. The van der Waals surface area contributed by atoms with Crippen molar-refractivity contribution in [3.8, 4) is 45.8 Å². The van der Waals surface area contributed by atoms with Gasteiger partial charge in [-0.15, -0.1) is 0 Å². The Morgan fingerprint density at radius 3 is 1.60 bits per heavy atom. The first kappa shape index (κ1) is 30.7. The summed E-state index contributed by atoms with van der Waals surface area (Å²) >= 11 is 0. The van der Waals surface area contributed by atoms with Crippen LogP contribution in [0.25, 0.3) is 99.2 Å².